The van der Waals surface area contributed by atoms with E-state index in [1.165, 1.54) is 6.07 Å². The Labute approximate surface area is 361 Å². The van der Waals surface area contributed by atoms with E-state index in [2.05, 4.69) is 39.4 Å². The maximum atomic E-state index is 13.9. The minimum atomic E-state index is -10.3. The first-order valence-corrected chi connectivity index (χ1v) is 22.8. The van der Waals surface area contributed by atoms with Gasteiger partial charge in [-0.05, 0) is 95.9 Å². The van der Waals surface area contributed by atoms with Gasteiger partial charge in [0.1, 0.15) is 16.5 Å². The van der Waals surface area contributed by atoms with E-state index >= 15 is 0 Å². The van der Waals surface area contributed by atoms with Crippen LogP contribution in [0.3, 0.4) is 0 Å². The first-order valence-electron chi connectivity index (χ1n) is 20.4. The summed E-state index contributed by atoms with van der Waals surface area (Å²) in [6, 6.07) is 8.32. The van der Waals surface area contributed by atoms with Crippen LogP contribution in [0.5, 0.6) is 0 Å². The van der Waals surface area contributed by atoms with E-state index in [9.17, 15) is 38.9 Å². The number of aryl methyl sites for hydroxylation is 1. The summed E-state index contributed by atoms with van der Waals surface area (Å²) < 4.78 is 77.5. The number of para-hydroxylation sites is 1. The third-order valence-electron chi connectivity index (χ3n) is 12.3. The predicted molar refractivity (Wildman–Crippen MR) is 228 cm³/mol. The number of carbonyl (C=O) groups is 3. The maximum Gasteiger partial charge on any atom is 0.311 e. The van der Waals surface area contributed by atoms with Crippen LogP contribution in [-0.2, 0) is 26.2 Å². The lowest BCUT2D eigenvalue weighted by atomic mass is 9.89. The number of nitrogens with zero attached hydrogens (tertiary/aromatic N) is 8. The van der Waals surface area contributed by atoms with E-state index in [1.54, 1.807) is 41.4 Å². The van der Waals surface area contributed by atoms with Gasteiger partial charge in [0, 0.05) is 63.2 Å². The van der Waals surface area contributed by atoms with Gasteiger partial charge in [-0.2, -0.15) is 10.4 Å². The molecule has 62 heavy (non-hydrogen) atoms. The van der Waals surface area contributed by atoms with Crippen LogP contribution in [0.2, 0.25) is 0 Å². The zero-order valence-electron chi connectivity index (χ0n) is 35.0. The van der Waals surface area contributed by atoms with Gasteiger partial charge >= 0.3 is 10.2 Å². The molecule has 3 amide bonds. The number of aliphatic hydroxyl groups is 1. The molecule has 3 aliphatic heterocycles. The Morgan fingerprint density at radius 2 is 1.76 bits per heavy atom. The molecule has 0 radical (unpaired) electrons. The first-order chi connectivity index (χ1) is 28.9. The lowest BCUT2D eigenvalue weighted by Gasteiger charge is -2.44. The summed E-state index contributed by atoms with van der Waals surface area (Å²) in [6.45, 7) is 10.4. The summed E-state index contributed by atoms with van der Waals surface area (Å²) in [7, 11) is -8.52. The van der Waals surface area contributed by atoms with Gasteiger partial charge in [-0.15, -0.1) is 0 Å². The van der Waals surface area contributed by atoms with Crippen molar-refractivity contribution in [3.05, 3.63) is 42.0 Å². The molecule has 1 aromatic heterocycles. The molecule has 1 unspecified atom stereocenters. The number of aromatic nitrogens is 2. The Hall–Kier alpha value is -4.66. The van der Waals surface area contributed by atoms with Gasteiger partial charge in [-0.25, -0.2) is 0 Å². The van der Waals surface area contributed by atoms with E-state index in [1.807, 2.05) is 12.1 Å². The van der Waals surface area contributed by atoms with Crippen molar-refractivity contribution in [3.8, 4) is 6.07 Å². The van der Waals surface area contributed by atoms with Crippen LogP contribution in [0.1, 0.15) is 65.4 Å². The number of amides is 3. The second kappa shape index (κ2) is 15.8. The molecule has 1 saturated carbocycles. The summed E-state index contributed by atoms with van der Waals surface area (Å²) in [5.74, 6) is -0.581. The van der Waals surface area contributed by atoms with Crippen LogP contribution in [0, 0.1) is 11.3 Å². The maximum absolute atomic E-state index is 13.9. The van der Waals surface area contributed by atoms with Gasteiger partial charge in [0.25, 0.3) is 5.91 Å². The van der Waals surface area contributed by atoms with Crippen LogP contribution in [-0.4, -0.2) is 128 Å². The largest absolute Gasteiger partial charge is 0.377 e. The average molecular weight is 911 g/mol. The standard InChI is InChI=1S/C40H51F5N10O5S2/c1-24-21-51(22-25(2)53(24)23-34(57)47-31-8-6-7-30-35(31)50(5)49-36(30)52-16-15-33(56)48-38(52)59)17-18-60-29-13-11-27(12-14-29)55-39(61)54(37(58)40(55,3)4)28-10-9-26(20-46)32(19-28)62(41,42,43,44)45/h6-10,19,24-25,27,29,38,59H,11-18,21-23H2,1-5H3,(H,47,57)(H,48,56)/t24-,25+,27-,29-,38?. The number of rotatable bonds is 11. The Balaban J connectivity index is 0.893. The smallest absolute Gasteiger partial charge is 0.311 e. The van der Waals surface area contributed by atoms with Crippen LogP contribution in [0.15, 0.2) is 41.3 Å². The van der Waals surface area contributed by atoms with Crippen LogP contribution in [0.4, 0.5) is 36.6 Å². The van der Waals surface area contributed by atoms with E-state index in [0.717, 1.165) is 29.4 Å². The highest BCUT2D eigenvalue weighted by atomic mass is 32.5. The fraction of sp³-hybridized carbons (Fsp3) is 0.550. The number of aliphatic hydroxyl groups excluding tert-OH is 1. The van der Waals surface area contributed by atoms with Gasteiger partial charge in [0.05, 0.1) is 41.7 Å². The predicted octanol–water partition coefficient (Wildman–Crippen LogP) is 5.78. The lowest BCUT2D eigenvalue weighted by molar-refractivity contribution is -0.126. The topological polar surface area (TPSA) is 163 Å². The van der Waals surface area contributed by atoms with Crippen LogP contribution in [0.25, 0.3) is 10.9 Å². The molecule has 0 bridgehead atoms. The number of halogens is 5. The van der Waals surface area contributed by atoms with Crippen LogP contribution < -0.4 is 20.4 Å². The van der Waals surface area contributed by atoms with Gasteiger partial charge < -0.3 is 30.3 Å². The zero-order valence-corrected chi connectivity index (χ0v) is 36.6. The van der Waals surface area contributed by atoms with E-state index in [4.69, 9.17) is 22.2 Å². The van der Waals surface area contributed by atoms with Gasteiger partial charge in [0.15, 0.2) is 10.9 Å². The molecule has 7 rings (SSSR count). The highest BCUT2D eigenvalue weighted by Gasteiger charge is 2.67. The Morgan fingerprint density at radius 1 is 1.08 bits per heavy atom. The molecule has 15 nitrogen and oxygen atoms in total. The van der Waals surface area contributed by atoms with Crippen molar-refractivity contribution in [1.29, 1.82) is 5.26 Å². The second-order valence-electron chi connectivity index (χ2n) is 17.1. The molecular formula is C40H51F5N10O5S2. The normalized spacial score (nSPS) is 26.3. The first kappa shape index (κ1) is 45.4. The lowest BCUT2D eigenvalue weighted by Crippen LogP contribution is -2.58. The molecule has 338 valence electrons. The number of thiocarbonyl (C=S) groups is 1. The summed E-state index contributed by atoms with van der Waals surface area (Å²) in [5.41, 5.74) is -1.72. The summed E-state index contributed by atoms with van der Waals surface area (Å²) in [4.78, 5) is 45.1. The average Bonchev–Trinajstić information content (AvgIpc) is 3.60. The quantitative estimate of drug-likeness (QED) is 0.158. The number of piperazine rings is 1. The monoisotopic (exact) mass is 910 g/mol. The van der Waals surface area contributed by atoms with Crippen molar-refractivity contribution in [2.24, 2.45) is 7.05 Å². The number of benzene rings is 2. The second-order valence-corrected chi connectivity index (χ2v) is 19.9. The number of fused-ring (bicyclic) bond motifs is 1. The SMILES string of the molecule is C[C@@H]1CN(CCO[C@H]2CC[C@H](N3C(=S)N(c4ccc(C#N)c(S(F)(F)(F)(F)F)c4)C(=O)C3(C)C)CC2)C[C@H](C)N1CC(=O)Nc1cccc2c(N3CCC(=O)NC3O)nn(C)c12. The number of ether oxygens (including phenoxy) is 1. The minimum Gasteiger partial charge on any atom is -0.377 e. The zero-order chi connectivity index (χ0) is 45.2. The van der Waals surface area contributed by atoms with Crippen molar-refractivity contribution >= 4 is 73.4 Å². The van der Waals surface area contributed by atoms with Crippen molar-refractivity contribution in [2.75, 3.05) is 54.4 Å². The number of anilines is 3. The highest BCUT2D eigenvalue weighted by molar-refractivity contribution is 8.45. The fourth-order valence-corrected chi connectivity index (χ4v) is 10.8. The Kier molecular flexibility index (Phi) is 11.6. The molecule has 3 atom stereocenters. The third kappa shape index (κ3) is 8.92. The molecule has 4 aliphatic rings. The van der Waals surface area contributed by atoms with Crippen LogP contribution >= 0.6 is 22.4 Å². The molecule has 1 aliphatic carbocycles. The summed E-state index contributed by atoms with van der Waals surface area (Å²) in [5, 5.41) is 30.4. The van der Waals surface area contributed by atoms with E-state index < -0.39 is 44.2 Å². The van der Waals surface area contributed by atoms with Crippen molar-refractivity contribution < 1.29 is 43.7 Å². The van der Waals surface area contributed by atoms with Crippen molar-refractivity contribution in [3.63, 3.8) is 0 Å². The van der Waals surface area contributed by atoms with Gasteiger partial charge in [0.2, 0.25) is 18.2 Å². The van der Waals surface area contributed by atoms with Gasteiger partial charge in [-0.3, -0.25) is 33.8 Å². The number of nitrogens with one attached hydrogen (secondary N) is 2. The summed E-state index contributed by atoms with van der Waals surface area (Å²) in [6.07, 6.45) is 1.37. The molecule has 0 spiro atoms. The Bertz CT molecular complexity index is 2330. The molecule has 22 heteroatoms. The summed E-state index contributed by atoms with van der Waals surface area (Å²) >= 11 is 5.63. The third-order valence-corrected chi connectivity index (χ3v) is 13.9. The molecule has 4 heterocycles. The minimum absolute atomic E-state index is 0.0621. The van der Waals surface area contributed by atoms with E-state index in [0.29, 0.717) is 68.5 Å². The Morgan fingerprint density at radius 3 is 2.39 bits per heavy atom. The molecule has 3 N–H and O–H groups in total. The van der Waals surface area contributed by atoms with E-state index in [-0.39, 0.29) is 60.2 Å². The molecular weight excluding hydrogens is 860 g/mol. The fourth-order valence-electron chi connectivity index (χ4n) is 9.34. The number of hydrogen-bond acceptors (Lipinski definition) is 11. The number of carbonyl (C=O) groups excluding carboxylic acids is 3. The highest BCUT2D eigenvalue weighted by Crippen LogP contribution is 3.02. The molecule has 2 aromatic carbocycles. The molecule has 3 aromatic rings. The molecule has 3 saturated heterocycles. The van der Waals surface area contributed by atoms with Crippen molar-refractivity contribution in [1.82, 2.24) is 29.8 Å². The van der Waals surface area contributed by atoms with Gasteiger partial charge in [-0.1, -0.05) is 25.5 Å². The number of hydrogen-bond donors (Lipinski definition) is 3. The molecule has 4 fully saturated rings. The number of nitriles is 1. The van der Waals surface area contributed by atoms with Crippen molar-refractivity contribution in [2.45, 2.75) is 101 Å².